The molecule has 3 rings (SSSR count). The van der Waals surface area contributed by atoms with Gasteiger partial charge in [-0.1, -0.05) is 32.9 Å². The van der Waals surface area contributed by atoms with Crippen molar-refractivity contribution in [3.63, 3.8) is 0 Å². The lowest BCUT2D eigenvalue weighted by Gasteiger charge is -2.19. The Kier molecular flexibility index (Phi) is 7.02. The summed E-state index contributed by atoms with van der Waals surface area (Å²) < 4.78 is 0. The minimum absolute atomic E-state index is 0.0844. The van der Waals surface area contributed by atoms with Gasteiger partial charge in [-0.3, -0.25) is 0 Å². The van der Waals surface area contributed by atoms with Gasteiger partial charge in [0.1, 0.15) is 11.6 Å². The van der Waals surface area contributed by atoms with Crippen LogP contribution in [0.5, 0.6) is 0 Å². The molecule has 0 saturated heterocycles. The van der Waals surface area contributed by atoms with E-state index in [2.05, 4.69) is 57.2 Å². The number of pyridine rings is 1. The van der Waals surface area contributed by atoms with Crippen LogP contribution in [0.4, 0.5) is 27.9 Å². The molecule has 162 valence electrons. The summed E-state index contributed by atoms with van der Waals surface area (Å²) in [7, 11) is 0. The first kappa shape index (κ1) is 22.0. The number of urea groups is 1. The topological polar surface area (TPSA) is 104 Å². The Morgan fingerprint density at radius 2 is 1.61 bits per heavy atom. The molecule has 0 radical (unpaired) electrons. The fraction of sp³-hybridized carbons (Fsp3) is 0.304. The highest BCUT2D eigenvalue weighted by molar-refractivity contribution is 5.89. The summed E-state index contributed by atoms with van der Waals surface area (Å²) in [6.07, 6.45) is 1.74. The number of rotatable bonds is 7. The molecule has 0 fully saturated rings. The average Bonchev–Trinajstić information content (AvgIpc) is 2.72. The second-order valence-electron chi connectivity index (χ2n) is 8.28. The SMILES string of the molecule is Cc1ccnc(Nc2ccc(NCCNC(=O)Nc3ccc(C(C)(C)C)cc3)nn2)c1. The minimum atomic E-state index is -0.249. The van der Waals surface area contributed by atoms with E-state index < -0.39 is 0 Å². The van der Waals surface area contributed by atoms with E-state index in [-0.39, 0.29) is 11.4 Å². The number of carbonyl (C=O) groups is 1. The second kappa shape index (κ2) is 9.88. The maximum atomic E-state index is 12.1. The first-order valence-electron chi connectivity index (χ1n) is 10.2. The molecule has 3 aromatic rings. The normalized spacial score (nSPS) is 11.0. The minimum Gasteiger partial charge on any atom is -0.367 e. The fourth-order valence-corrected chi connectivity index (χ4v) is 2.82. The standard InChI is InChI=1S/C23H29N7O/c1-16-11-12-24-21(15-16)28-20-10-9-19(29-30-20)25-13-14-26-22(31)27-18-7-5-17(6-8-18)23(2,3)4/h5-12,15H,13-14H2,1-4H3,(H,25,29)(H,24,28,30)(H2,26,27,31). The zero-order valence-electron chi connectivity index (χ0n) is 18.4. The molecule has 2 aromatic heterocycles. The number of amides is 2. The molecular weight excluding hydrogens is 390 g/mol. The quantitative estimate of drug-likeness (QED) is 0.422. The van der Waals surface area contributed by atoms with Crippen molar-refractivity contribution in [3.05, 3.63) is 65.9 Å². The molecule has 1 aromatic carbocycles. The van der Waals surface area contributed by atoms with Crippen molar-refractivity contribution < 1.29 is 4.79 Å². The van der Waals surface area contributed by atoms with Crippen molar-refractivity contribution in [2.24, 2.45) is 0 Å². The molecule has 0 bridgehead atoms. The lowest BCUT2D eigenvalue weighted by Crippen LogP contribution is -2.32. The third-order valence-corrected chi connectivity index (χ3v) is 4.56. The number of nitrogens with one attached hydrogen (secondary N) is 4. The number of hydrogen-bond acceptors (Lipinski definition) is 6. The van der Waals surface area contributed by atoms with Crippen LogP contribution < -0.4 is 21.3 Å². The smallest absolute Gasteiger partial charge is 0.319 e. The summed E-state index contributed by atoms with van der Waals surface area (Å²) in [5, 5.41) is 20.2. The van der Waals surface area contributed by atoms with E-state index in [0.717, 1.165) is 17.1 Å². The zero-order valence-corrected chi connectivity index (χ0v) is 18.4. The first-order chi connectivity index (χ1) is 14.8. The van der Waals surface area contributed by atoms with Crippen molar-refractivity contribution in [2.45, 2.75) is 33.1 Å². The van der Waals surface area contributed by atoms with E-state index >= 15 is 0 Å². The Bertz CT molecular complexity index is 996. The highest BCUT2D eigenvalue weighted by atomic mass is 16.2. The Balaban J connectivity index is 1.38. The number of hydrogen-bond donors (Lipinski definition) is 4. The predicted molar refractivity (Wildman–Crippen MR) is 125 cm³/mol. The number of aryl methyl sites for hydroxylation is 1. The van der Waals surface area contributed by atoms with Gasteiger partial charge < -0.3 is 21.3 Å². The maximum Gasteiger partial charge on any atom is 0.319 e. The van der Waals surface area contributed by atoms with Gasteiger partial charge in [-0.25, -0.2) is 9.78 Å². The van der Waals surface area contributed by atoms with E-state index in [4.69, 9.17) is 0 Å². The monoisotopic (exact) mass is 419 g/mol. The van der Waals surface area contributed by atoms with Gasteiger partial charge in [0.2, 0.25) is 0 Å². The first-order valence-corrected chi connectivity index (χ1v) is 10.2. The summed E-state index contributed by atoms with van der Waals surface area (Å²) in [6, 6.07) is 15.1. The van der Waals surface area contributed by atoms with Crippen LogP contribution in [0.15, 0.2) is 54.7 Å². The maximum absolute atomic E-state index is 12.1. The molecule has 8 nitrogen and oxygen atoms in total. The van der Waals surface area contributed by atoms with Crippen molar-refractivity contribution in [2.75, 3.05) is 29.0 Å². The molecule has 0 aliphatic heterocycles. The van der Waals surface area contributed by atoms with Crippen molar-refractivity contribution in [1.29, 1.82) is 0 Å². The molecule has 0 saturated carbocycles. The zero-order chi connectivity index (χ0) is 22.3. The van der Waals surface area contributed by atoms with Crippen LogP contribution in [0.2, 0.25) is 0 Å². The Hall–Kier alpha value is -3.68. The largest absolute Gasteiger partial charge is 0.367 e. The van der Waals surface area contributed by atoms with E-state index in [1.54, 1.807) is 6.20 Å². The molecule has 0 spiro atoms. The highest BCUT2D eigenvalue weighted by Gasteiger charge is 2.13. The van der Waals surface area contributed by atoms with Crippen molar-refractivity contribution in [3.8, 4) is 0 Å². The molecule has 4 N–H and O–H groups in total. The summed E-state index contributed by atoms with van der Waals surface area (Å²) in [5.74, 6) is 1.96. The Labute approximate surface area is 182 Å². The molecule has 2 amide bonds. The van der Waals surface area contributed by atoms with Crippen molar-refractivity contribution >= 4 is 29.2 Å². The molecule has 0 aliphatic carbocycles. The molecule has 8 heteroatoms. The Morgan fingerprint density at radius 1 is 0.903 bits per heavy atom. The van der Waals surface area contributed by atoms with Gasteiger partial charge in [0.25, 0.3) is 0 Å². The summed E-state index contributed by atoms with van der Waals surface area (Å²) >= 11 is 0. The van der Waals surface area contributed by atoms with Gasteiger partial charge in [0.05, 0.1) is 0 Å². The number of carbonyl (C=O) groups excluding carboxylic acids is 1. The molecule has 0 atom stereocenters. The average molecular weight is 420 g/mol. The molecule has 31 heavy (non-hydrogen) atoms. The summed E-state index contributed by atoms with van der Waals surface area (Å²) in [6.45, 7) is 9.45. The number of benzene rings is 1. The molecular formula is C23H29N7O. The molecule has 0 unspecified atom stereocenters. The summed E-state index contributed by atoms with van der Waals surface area (Å²) in [5.41, 5.74) is 3.18. The van der Waals surface area contributed by atoms with Gasteiger partial charge in [0, 0.05) is 25.0 Å². The second-order valence-corrected chi connectivity index (χ2v) is 8.28. The lowest BCUT2D eigenvalue weighted by molar-refractivity contribution is 0.252. The van der Waals surface area contributed by atoms with Gasteiger partial charge in [-0.15, -0.1) is 10.2 Å². The van der Waals surface area contributed by atoms with Crippen LogP contribution in [0.3, 0.4) is 0 Å². The Morgan fingerprint density at radius 3 is 2.26 bits per heavy atom. The van der Waals surface area contributed by atoms with Gasteiger partial charge in [0.15, 0.2) is 5.82 Å². The fourth-order valence-electron chi connectivity index (χ4n) is 2.82. The van der Waals surface area contributed by atoms with Crippen LogP contribution in [0, 0.1) is 6.92 Å². The van der Waals surface area contributed by atoms with Crippen LogP contribution in [-0.2, 0) is 5.41 Å². The molecule has 0 aliphatic rings. The van der Waals surface area contributed by atoms with Gasteiger partial charge in [-0.05, 0) is 59.9 Å². The van der Waals surface area contributed by atoms with E-state index in [0.29, 0.717) is 24.7 Å². The van der Waals surface area contributed by atoms with Crippen molar-refractivity contribution in [1.82, 2.24) is 20.5 Å². The van der Waals surface area contributed by atoms with E-state index in [1.165, 1.54) is 5.56 Å². The van der Waals surface area contributed by atoms with Crippen LogP contribution in [0.25, 0.3) is 0 Å². The number of aromatic nitrogens is 3. The van der Waals surface area contributed by atoms with Gasteiger partial charge >= 0.3 is 6.03 Å². The third kappa shape index (κ3) is 6.95. The van der Waals surface area contributed by atoms with Crippen LogP contribution in [0.1, 0.15) is 31.9 Å². The highest BCUT2D eigenvalue weighted by Crippen LogP contribution is 2.23. The summed E-state index contributed by atoms with van der Waals surface area (Å²) in [4.78, 5) is 16.3. The van der Waals surface area contributed by atoms with E-state index in [1.807, 2.05) is 55.5 Å². The molecule has 2 heterocycles. The lowest BCUT2D eigenvalue weighted by atomic mass is 9.87. The van der Waals surface area contributed by atoms with Gasteiger partial charge in [-0.2, -0.15) is 0 Å². The number of nitrogens with zero attached hydrogens (tertiary/aromatic N) is 3. The van der Waals surface area contributed by atoms with E-state index in [9.17, 15) is 4.79 Å². The van der Waals surface area contributed by atoms with Crippen LogP contribution in [-0.4, -0.2) is 34.3 Å². The number of anilines is 4. The van der Waals surface area contributed by atoms with Crippen LogP contribution >= 0.6 is 0 Å². The third-order valence-electron chi connectivity index (χ3n) is 4.56. The predicted octanol–water partition coefficient (Wildman–Crippen LogP) is 4.45.